The van der Waals surface area contributed by atoms with Crippen LogP contribution in [0.4, 0.5) is 0 Å². The van der Waals surface area contributed by atoms with Gasteiger partial charge in [0.2, 0.25) is 0 Å². The molecule has 0 radical (unpaired) electrons. The van der Waals surface area contributed by atoms with E-state index >= 15 is 0 Å². The van der Waals surface area contributed by atoms with Crippen molar-refractivity contribution in [2.24, 2.45) is 5.92 Å². The SMILES string of the molecule is COC1CC(N2CCCNC(C3CC3)C2)C1. The third-order valence-corrected chi connectivity index (χ3v) is 4.57. The minimum Gasteiger partial charge on any atom is -0.381 e. The predicted octanol–water partition coefficient (Wildman–Crippen LogP) is 1.24. The Morgan fingerprint density at radius 2 is 2.06 bits per heavy atom. The summed E-state index contributed by atoms with van der Waals surface area (Å²) in [5.41, 5.74) is 0. The molecule has 1 saturated heterocycles. The fourth-order valence-electron chi connectivity index (χ4n) is 3.15. The maximum atomic E-state index is 5.38. The van der Waals surface area contributed by atoms with E-state index in [9.17, 15) is 0 Å². The first-order valence-corrected chi connectivity index (χ1v) is 6.87. The van der Waals surface area contributed by atoms with Gasteiger partial charge in [0, 0.05) is 25.7 Å². The van der Waals surface area contributed by atoms with E-state index in [2.05, 4.69) is 10.2 Å². The highest BCUT2D eigenvalue weighted by Gasteiger charge is 2.38. The number of nitrogens with one attached hydrogen (secondary N) is 1. The van der Waals surface area contributed by atoms with Crippen LogP contribution in [0.1, 0.15) is 32.1 Å². The Hall–Kier alpha value is -0.120. The molecular formula is C13H24N2O. The van der Waals surface area contributed by atoms with E-state index < -0.39 is 0 Å². The molecular weight excluding hydrogens is 200 g/mol. The molecule has 0 aromatic rings. The lowest BCUT2D eigenvalue weighted by Crippen LogP contribution is -2.51. The van der Waals surface area contributed by atoms with E-state index in [1.54, 1.807) is 0 Å². The second kappa shape index (κ2) is 4.63. The largest absolute Gasteiger partial charge is 0.381 e. The molecule has 3 rings (SSSR count). The summed E-state index contributed by atoms with van der Waals surface area (Å²) in [7, 11) is 1.85. The molecule has 1 atom stereocenters. The molecule has 0 spiro atoms. The van der Waals surface area contributed by atoms with E-state index in [0.29, 0.717) is 6.10 Å². The number of methoxy groups -OCH3 is 1. The summed E-state index contributed by atoms with van der Waals surface area (Å²) in [6, 6.07) is 1.59. The molecule has 3 heteroatoms. The normalized spacial score (nSPS) is 41.4. The Morgan fingerprint density at radius 1 is 1.25 bits per heavy atom. The van der Waals surface area contributed by atoms with Crippen molar-refractivity contribution in [1.82, 2.24) is 10.2 Å². The second-order valence-corrected chi connectivity index (χ2v) is 5.73. The maximum Gasteiger partial charge on any atom is 0.0601 e. The summed E-state index contributed by atoms with van der Waals surface area (Å²) in [6.07, 6.45) is 7.29. The molecule has 0 aromatic heterocycles. The number of hydrogen-bond acceptors (Lipinski definition) is 3. The van der Waals surface area contributed by atoms with Crippen LogP contribution in [-0.2, 0) is 4.74 Å². The van der Waals surface area contributed by atoms with Crippen molar-refractivity contribution >= 4 is 0 Å². The van der Waals surface area contributed by atoms with E-state index in [4.69, 9.17) is 4.74 Å². The highest BCUT2D eigenvalue weighted by molar-refractivity contribution is 4.95. The lowest BCUT2D eigenvalue weighted by Gasteiger charge is -2.42. The van der Waals surface area contributed by atoms with E-state index in [1.807, 2.05) is 7.11 Å². The van der Waals surface area contributed by atoms with Crippen LogP contribution < -0.4 is 5.32 Å². The van der Waals surface area contributed by atoms with Gasteiger partial charge in [0.25, 0.3) is 0 Å². The van der Waals surface area contributed by atoms with Crippen LogP contribution in [0.15, 0.2) is 0 Å². The minimum atomic E-state index is 0.542. The van der Waals surface area contributed by atoms with E-state index in [0.717, 1.165) is 18.0 Å². The zero-order valence-corrected chi connectivity index (χ0v) is 10.3. The average Bonchev–Trinajstić information content (AvgIpc) is 3.02. The van der Waals surface area contributed by atoms with Crippen molar-refractivity contribution in [3.05, 3.63) is 0 Å². The Kier molecular flexibility index (Phi) is 3.18. The molecule has 1 unspecified atom stereocenters. The molecule has 0 bridgehead atoms. The molecule has 1 N–H and O–H groups in total. The average molecular weight is 224 g/mol. The van der Waals surface area contributed by atoms with Crippen molar-refractivity contribution in [3.63, 3.8) is 0 Å². The first-order valence-electron chi connectivity index (χ1n) is 6.87. The van der Waals surface area contributed by atoms with Crippen LogP contribution in [-0.4, -0.2) is 49.8 Å². The molecule has 2 aliphatic carbocycles. The van der Waals surface area contributed by atoms with Gasteiger partial charge in [0.05, 0.1) is 6.10 Å². The van der Waals surface area contributed by atoms with Crippen LogP contribution >= 0.6 is 0 Å². The Balaban J connectivity index is 1.53. The van der Waals surface area contributed by atoms with Gasteiger partial charge in [-0.1, -0.05) is 0 Å². The topological polar surface area (TPSA) is 24.5 Å². The number of ether oxygens (including phenoxy) is 1. The lowest BCUT2D eigenvalue weighted by atomic mass is 9.87. The highest BCUT2D eigenvalue weighted by Crippen LogP contribution is 2.35. The van der Waals surface area contributed by atoms with E-state index in [-0.39, 0.29) is 0 Å². The summed E-state index contributed by atoms with van der Waals surface area (Å²) in [5.74, 6) is 0.985. The fraction of sp³-hybridized carbons (Fsp3) is 1.00. The van der Waals surface area contributed by atoms with Gasteiger partial charge in [-0.05, 0) is 51.1 Å². The van der Waals surface area contributed by atoms with Crippen molar-refractivity contribution in [3.8, 4) is 0 Å². The first-order chi connectivity index (χ1) is 7.86. The molecule has 2 saturated carbocycles. The smallest absolute Gasteiger partial charge is 0.0601 e. The zero-order valence-electron chi connectivity index (χ0n) is 10.3. The number of hydrogen-bond donors (Lipinski definition) is 1. The summed E-state index contributed by atoms with van der Waals surface area (Å²) < 4.78 is 5.38. The standard InChI is InChI=1S/C13H24N2O/c1-16-12-7-11(8-12)15-6-2-5-14-13(9-15)10-3-4-10/h10-14H,2-9H2,1H3. The zero-order chi connectivity index (χ0) is 11.0. The number of nitrogens with zero attached hydrogens (tertiary/aromatic N) is 1. The monoisotopic (exact) mass is 224 g/mol. The molecule has 3 nitrogen and oxygen atoms in total. The molecule has 1 aliphatic heterocycles. The molecule has 3 aliphatic rings. The third kappa shape index (κ3) is 2.27. The van der Waals surface area contributed by atoms with Gasteiger partial charge >= 0.3 is 0 Å². The van der Waals surface area contributed by atoms with Crippen LogP contribution in [0.5, 0.6) is 0 Å². The van der Waals surface area contributed by atoms with Crippen LogP contribution in [0.2, 0.25) is 0 Å². The summed E-state index contributed by atoms with van der Waals surface area (Å²) in [5, 5.41) is 3.73. The van der Waals surface area contributed by atoms with Gasteiger partial charge in [-0.3, -0.25) is 4.90 Å². The lowest BCUT2D eigenvalue weighted by molar-refractivity contribution is -0.0278. The molecule has 3 fully saturated rings. The molecule has 0 amide bonds. The Morgan fingerprint density at radius 3 is 2.75 bits per heavy atom. The number of rotatable bonds is 3. The molecule has 16 heavy (non-hydrogen) atoms. The van der Waals surface area contributed by atoms with Crippen molar-refractivity contribution in [1.29, 1.82) is 0 Å². The highest BCUT2D eigenvalue weighted by atomic mass is 16.5. The van der Waals surface area contributed by atoms with Gasteiger partial charge in [0.15, 0.2) is 0 Å². The second-order valence-electron chi connectivity index (χ2n) is 5.73. The Labute approximate surface area is 98.5 Å². The van der Waals surface area contributed by atoms with Gasteiger partial charge in [-0.25, -0.2) is 0 Å². The van der Waals surface area contributed by atoms with Gasteiger partial charge in [0.1, 0.15) is 0 Å². The van der Waals surface area contributed by atoms with Crippen molar-refractivity contribution in [2.45, 2.75) is 50.3 Å². The predicted molar refractivity (Wildman–Crippen MR) is 64.5 cm³/mol. The minimum absolute atomic E-state index is 0.542. The van der Waals surface area contributed by atoms with Crippen molar-refractivity contribution in [2.75, 3.05) is 26.7 Å². The maximum absolute atomic E-state index is 5.38. The molecule has 92 valence electrons. The summed E-state index contributed by atoms with van der Waals surface area (Å²) in [6.45, 7) is 3.79. The molecule has 0 aromatic carbocycles. The third-order valence-electron chi connectivity index (χ3n) is 4.57. The van der Waals surface area contributed by atoms with Crippen LogP contribution in [0, 0.1) is 5.92 Å². The van der Waals surface area contributed by atoms with Gasteiger partial charge < -0.3 is 10.1 Å². The van der Waals surface area contributed by atoms with Crippen LogP contribution in [0.25, 0.3) is 0 Å². The van der Waals surface area contributed by atoms with Gasteiger partial charge in [-0.2, -0.15) is 0 Å². The van der Waals surface area contributed by atoms with Crippen molar-refractivity contribution < 1.29 is 4.74 Å². The fourth-order valence-corrected chi connectivity index (χ4v) is 3.15. The molecule has 1 heterocycles. The van der Waals surface area contributed by atoms with Crippen LogP contribution in [0.3, 0.4) is 0 Å². The Bertz CT molecular complexity index is 236. The van der Waals surface area contributed by atoms with Gasteiger partial charge in [-0.15, -0.1) is 0 Å². The summed E-state index contributed by atoms with van der Waals surface area (Å²) in [4.78, 5) is 2.72. The summed E-state index contributed by atoms with van der Waals surface area (Å²) >= 11 is 0. The first kappa shape index (κ1) is 11.0. The quantitative estimate of drug-likeness (QED) is 0.780. The van der Waals surface area contributed by atoms with E-state index in [1.165, 1.54) is 51.7 Å².